The molecule has 0 aromatic heterocycles. The van der Waals surface area contributed by atoms with Crippen molar-refractivity contribution in [3.63, 3.8) is 0 Å². The van der Waals surface area contributed by atoms with E-state index in [4.69, 9.17) is 9.39 Å². The quantitative estimate of drug-likeness (QED) is 0.345. The molecule has 0 aliphatic heterocycles. The minimum absolute atomic E-state index is 0.327. The third kappa shape index (κ3) is 5.61. The predicted octanol–water partition coefficient (Wildman–Crippen LogP) is 4.03. The molecule has 0 aliphatic carbocycles. The van der Waals surface area contributed by atoms with Crippen LogP contribution in [-0.4, -0.2) is 36.6 Å². The molecule has 0 saturated carbocycles. The number of hydrogen-bond donors (Lipinski definition) is 1. The van der Waals surface area contributed by atoms with Gasteiger partial charge in [0.25, 0.3) is 0 Å². The minimum atomic E-state index is -0.481. The number of rotatable bonds is 7. The molecule has 1 radical (unpaired) electrons. The van der Waals surface area contributed by atoms with Crippen molar-refractivity contribution in [1.29, 1.82) is 0 Å². The first-order valence-electron chi connectivity index (χ1n) is 8.43. The molecular formula is C19H29BNO3S. The number of benzene rings is 1. The Bertz CT molecular complexity index is 663. The van der Waals surface area contributed by atoms with Crippen LogP contribution in [0.3, 0.4) is 0 Å². The van der Waals surface area contributed by atoms with E-state index in [-0.39, 0.29) is 4.75 Å². The second kappa shape index (κ2) is 8.41. The zero-order chi connectivity index (χ0) is 19.4. The van der Waals surface area contributed by atoms with Crippen molar-refractivity contribution in [1.82, 2.24) is 0 Å². The zero-order valence-corrected chi connectivity index (χ0v) is 17.5. The van der Waals surface area contributed by atoms with Crippen molar-refractivity contribution in [2.45, 2.75) is 65.2 Å². The molecule has 0 N–H and O–H groups in total. The minimum Gasteiger partial charge on any atom is -0.465 e. The van der Waals surface area contributed by atoms with E-state index in [9.17, 15) is 4.79 Å². The second-order valence-corrected chi connectivity index (χ2v) is 8.35. The van der Waals surface area contributed by atoms with Crippen LogP contribution in [0.2, 0.25) is 0 Å². The molecule has 0 aliphatic rings. The van der Waals surface area contributed by atoms with Crippen molar-refractivity contribution in [2.75, 3.05) is 7.11 Å². The number of methoxy groups -OCH3 is 1. The number of aliphatic imine (C=N–C) groups is 1. The van der Waals surface area contributed by atoms with Gasteiger partial charge in [-0.2, -0.15) is 12.6 Å². The summed E-state index contributed by atoms with van der Waals surface area (Å²) in [7, 11) is 3.04. The first kappa shape index (κ1) is 21.8. The monoisotopic (exact) mass is 362 g/mol. The number of esters is 1. The van der Waals surface area contributed by atoms with Gasteiger partial charge < -0.3 is 9.39 Å². The van der Waals surface area contributed by atoms with Crippen LogP contribution in [0.1, 0.15) is 63.9 Å². The van der Waals surface area contributed by atoms with E-state index in [2.05, 4.69) is 17.6 Å². The highest BCUT2D eigenvalue weighted by atomic mass is 32.1. The molecule has 25 heavy (non-hydrogen) atoms. The average Bonchev–Trinajstić information content (AvgIpc) is 2.52. The maximum atomic E-state index is 12.2. The van der Waals surface area contributed by atoms with Gasteiger partial charge in [-0.15, -0.1) is 0 Å². The van der Waals surface area contributed by atoms with E-state index in [1.54, 1.807) is 13.5 Å². The van der Waals surface area contributed by atoms with E-state index in [0.717, 1.165) is 23.2 Å². The third-order valence-corrected chi connectivity index (χ3v) is 5.04. The van der Waals surface area contributed by atoms with Crippen LogP contribution in [-0.2, 0) is 9.39 Å². The van der Waals surface area contributed by atoms with Crippen LogP contribution in [0.5, 0.6) is 0 Å². The van der Waals surface area contributed by atoms with Crippen LogP contribution >= 0.6 is 12.6 Å². The number of carbonyl (C=O) groups excluding carboxylic acids is 1. The van der Waals surface area contributed by atoms with Crippen molar-refractivity contribution >= 4 is 42.9 Å². The van der Waals surface area contributed by atoms with E-state index in [1.165, 1.54) is 7.11 Å². The SMILES string of the molecule is CCC(C)=Nc1c(C)cc([B]OC(C)(C)C(C)(C)S)cc1C(=O)OC. The smallest absolute Gasteiger partial charge is 0.340 e. The largest absolute Gasteiger partial charge is 0.465 e. The maximum absolute atomic E-state index is 12.2. The lowest BCUT2D eigenvalue weighted by Gasteiger charge is -2.38. The lowest BCUT2D eigenvalue weighted by Crippen LogP contribution is -2.45. The van der Waals surface area contributed by atoms with Gasteiger partial charge in [0.15, 0.2) is 0 Å². The molecule has 0 fully saturated rings. The van der Waals surface area contributed by atoms with Crippen molar-refractivity contribution < 1.29 is 14.2 Å². The van der Waals surface area contributed by atoms with Crippen molar-refractivity contribution in [2.24, 2.45) is 4.99 Å². The van der Waals surface area contributed by atoms with Gasteiger partial charge in [0.1, 0.15) is 0 Å². The Balaban J connectivity index is 3.25. The number of thiol groups is 1. The highest BCUT2D eigenvalue weighted by molar-refractivity contribution is 7.81. The van der Waals surface area contributed by atoms with E-state index in [1.807, 2.05) is 54.5 Å². The molecule has 0 saturated heterocycles. The fourth-order valence-electron chi connectivity index (χ4n) is 1.92. The number of ether oxygens (including phenoxy) is 1. The van der Waals surface area contributed by atoms with Gasteiger partial charge in [-0.1, -0.05) is 18.5 Å². The zero-order valence-electron chi connectivity index (χ0n) is 16.6. The van der Waals surface area contributed by atoms with Crippen LogP contribution in [0.25, 0.3) is 0 Å². The third-order valence-electron chi connectivity index (χ3n) is 4.51. The molecule has 0 unspecified atom stereocenters. The normalized spacial score (nSPS) is 12.9. The fraction of sp³-hybridized carbons (Fsp3) is 0.579. The lowest BCUT2D eigenvalue weighted by atomic mass is 9.82. The van der Waals surface area contributed by atoms with Gasteiger partial charge in [-0.25, -0.2) is 4.79 Å². The Hall–Kier alpha value is -1.27. The highest BCUT2D eigenvalue weighted by Crippen LogP contribution is 2.31. The topological polar surface area (TPSA) is 47.9 Å². The molecule has 0 amide bonds. The van der Waals surface area contributed by atoms with E-state index < -0.39 is 11.6 Å². The highest BCUT2D eigenvalue weighted by Gasteiger charge is 2.34. The molecule has 1 aromatic rings. The number of aryl methyl sites for hydroxylation is 1. The van der Waals surface area contributed by atoms with Crippen LogP contribution in [0, 0.1) is 6.92 Å². The van der Waals surface area contributed by atoms with Gasteiger partial charge in [-0.3, -0.25) is 4.99 Å². The number of nitrogens with zero attached hydrogens (tertiary/aromatic N) is 1. The average molecular weight is 362 g/mol. The van der Waals surface area contributed by atoms with Gasteiger partial charge in [0, 0.05) is 10.5 Å². The standard InChI is InChI=1S/C19H29BNO3S/c1-9-13(3)21-16-12(2)10-14(11-15(16)17(22)23-8)20-24-18(4,5)19(6,7)25/h10-11,25H,9H2,1-8H3. The van der Waals surface area contributed by atoms with Gasteiger partial charge in [-0.05, 0) is 59.6 Å². The molecular weight excluding hydrogens is 333 g/mol. The van der Waals surface area contributed by atoms with Crippen LogP contribution in [0.15, 0.2) is 17.1 Å². The van der Waals surface area contributed by atoms with Crippen LogP contribution < -0.4 is 5.46 Å². The van der Waals surface area contributed by atoms with E-state index in [0.29, 0.717) is 11.3 Å². The summed E-state index contributed by atoms with van der Waals surface area (Å²) in [4.78, 5) is 16.8. The Kier molecular flexibility index (Phi) is 7.33. The lowest BCUT2D eigenvalue weighted by molar-refractivity contribution is 0.0601. The molecule has 0 spiro atoms. The summed E-state index contributed by atoms with van der Waals surface area (Å²) in [5, 5.41) is 0. The Morgan fingerprint density at radius 3 is 2.36 bits per heavy atom. The molecule has 1 aromatic carbocycles. The summed E-state index contributed by atoms with van der Waals surface area (Å²) >= 11 is 4.60. The van der Waals surface area contributed by atoms with Gasteiger partial charge in [0.05, 0.1) is 24.0 Å². The molecule has 0 atom stereocenters. The fourth-order valence-corrected chi connectivity index (χ4v) is 1.97. The van der Waals surface area contributed by atoms with Crippen molar-refractivity contribution in [3.8, 4) is 0 Å². The van der Waals surface area contributed by atoms with Crippen molar-refractivity contribution in [3.05, 3.63) is 23.3 Å². The Morgan fingerprint density at radius 1 is 1.28 bits per heavy atom. The van der Waals surface area contributed by atoms with Gasteiger partial charge >= 0.3 is 13.5 Å². The molecule has 1 rings (SSSR count). The summed E-state index contributed by atoms with van der Waals surface area (Å²) in [6.45, 7) is 13.9. The second-order valence-electron chi connectivity index (χ2n) is 7.23. The molecule has 0 bridgehead atoms. The summed E-state index contributed by atoms with van der Waals surface area (Å²) < 4.78 is 10.6. The van der Waals surface area contributed by atoms with Gasteiger partial charge in [0.2, 0.25) is 0 Å². The summed E-state index contributed by atoms with van der Waals surface area (Å²) in [6, 6.07) is 3.71. The number of hydrogen-bond acceptors (Lipinski definition) is 5. The van der Waals surface area contributed by atoms with Crippen LogP contribution in [0.4, 0.5) is 5.69 Å². The molecule has 0 heterocycles. The maximum Gasteiger partial charge on any atom is 0.340 e. The molecule has 137 valence electrons. The Morgan fingerprint density at radius 2 is 1.88 bits per heavy atom. The number of carbonyl (C=O) groups is 1. The molecule has 4 nitrogen and oxygen atoms in total. The Labute approximate surface area is 158 Å². The van der Waals surface area contributed by atoms with E-state index >= 15 is 0 Å². The molecule has 6 heteroatoms. The summed E-state index contributed by atoms with van der Waals surface area (Å²) in [5.74, 6) is -0.408. The summed E-state index contributed by atoms with van der Waals surface area (Å²) in [5.41, 5.74) is 3.25. The summed E-state index contributed by atoms with van der Waals surface area (Å²) in [6.07, 6.45) is 0.822. The first-order valence-corrected chi connectivity index (χ1v) is 8.88. The first-order chi connectivity index (χ1) is 11.4. The predicted molar refractivity (Wildman–Crippen MR) is 109 cm³/mol.